The molecule has 0 saturated carbocycles. The summed E-state index contributed by atoms with van der Waals surface area (Å²) < 4.78 is 39.8. The molecule has 0 atom stereocenters. The van der Waals surface area contributed by atoms with Crippen molar-refractivity contribution < 1.29 is 18.0 Å². The van der Waals surface area contributed by atoms with Crippen LogP contribution in [-0.4, -0.2) is 61.5 Å². The Morgan fingerprint density at radius 2 is 1.78 bits per heavy atom. The SMILES string of the molecule is CCc1cc(N2CCN(CCC3CCN(C(=O)CCC#N)CC3)CC2)cc(C(F)(F)F)c1. The second-order valence-electron chi connectivity index (χ2n) is 8.84. The van der Waals surface area contributed by atoms with E-state index in [-0.39, 0.29) is 12.3 Å². The summed E-state index contributed by atoms with van der Waals surface area (Å²) in [5.74, 6) is 0.686. The van der Waals surface area contributed by atoms with E-state index in [9.17, 15) is 18.0 Å². The van der Waals surface area contributed by atoms with Gasteiger partial charge in [-0.3, -0.25) is 9.69 Å². The number of nitriles is 1. The molecule has 0 aromatic heterocycles. The number of aryl methyl sites for hydroxylation is 1. The van der Waals surface area contributed by atoms with Crippen LogP contribution in [-0.2, 0) is 17.4 Å². The van der Waals surface area contributed by atoms with Crippen LogP contribution in [0.2, 0.25) is 0 Å². The third kappa shape index (κ3) is 6.61. The molecule has 0 radical (unpaired) electrons. The number of benzene rings is 1. The maximum atomic E-state index is 13.3. The lowest BCUT2D eigenvalue weighted by Crippen LogP contribution is -2.47. The number of hydrogen-bond donors (Lipinski definition) is 0. The molecule has 5 nitrogen and oxygen atoms in total. The summed E-state index contributed by atoms with van der Waals surface area (Å²) in [6.07, 6.45) is -0.0479. The summed E-state index contributed by atoms with van der Waals surface area (Å²) in [6.45, 7) is 7.59. The molecule has 32 heavy (non-hydrogen) atoms. The molecule has 0 unspecified atom stereocenters. The van der Waals surface area contributed by atoms with E-state index >= 15 is 0 Å². The Kier molecular flexibility index (Phi) is 8.41. The molecule has 1 aromatic carbocycles. The number of nitrogens with zero attached hydrogens (tertiary/aromatic N) is 4. The van der Waals surface area contributed by atoms with Gasteiger partial charge in [0.2, 0.25) is 5.91 Å². The lowest BCUT2D eigenvalue weighted by atomic mass is 9.93. The number of piperidine rings is 1. The molecule has 2 fully saturated rings. The second-order valence-corrected chi connectivity index (χ2v) is 8.84. The number of likely N-dealkylation sites (tertiary alicyclic amines) is 1. The van der Waals surface area contributed by atoms with Crippen molar-refractivity contribution >= 4 is 11.6 Å². The van der Waals surface area contributed by atoms with Gasteiger partial charge >= 0.3 is 6.18 Å². The zero-order chi connectivity index (χ0) is 23.1. The Labute approximate surface area is 188 Å². The quantitative estimate of drug-likeness (QED) is 0.621. The maximum Gasteiger partial charge on any atom is 0.416 e. The van der Waals surface area contributed by atoms with Crippen molar-refractivity contribution in [1.82, 2.24) is 9.80 Å². The van der Waals surface area contributed by atoms with Crippen molar-refractivity contribution in [3.05, 3.63) is 29.3 Å². The van der Waals surface area contributed by atoms with E-state index in [1.807, 2.05) is 24.0 Å². The van der Waals surface area contributed by atoms with Crippen molar-refractivity contribution in [3.8, 4) is 6.07 Å². The van der Waals surface area contributed by atoms with Gasteiger partial charge in [0.05, 0.1) is 11.6 Å². The van der Waals surface area contributed by atoms with Crippen LogP contribution in [0.1, 0.15) is 50.2 Å². The molecule has 2 aliphatic heterocycles. The Hall–Kier alpha value is -2.27. The monoisotopic (exact) mass is 450 g/mol. The minimum Gasteiger partial charge on any atom is -0.369 e. The third-order valence-electron chi connectivity index (χ3n) is 6.72. The van der Waals surface area contributed by atoms with E-state index in [4.69, 9.17) is 5.26 Å². The van der Waals surface area contributed by atoms with Crippen LogP contribution >= 0.6 is 0 Å². The number of rotatable bonds is 7. The van der Waals surface area contributed by atoms with E-state index in [1.54, 1.807) is 0 Å². The second kappa shape index (κ2) is 11.0. The number of anilines is 1. The predicted molar refractivity (Wildman–Crippen MR) is 118 cm³/mol. The van der Waals surface area contributed by atoms with Crippen LogP contribution in [0.4, 0.5) is 18.9 Å². The minimum absolute atomic E-state index is 0.0851. The van der Waals surface area contributed by atoms with Crippen LogP contribution < -0.4 is 4.90 Å². The smallest absolute Gasteiger partial charge is 0.369 e. The van der Waals surface area contributed by atoms with Gasteiger partial charge in [0.1, 0.15) is 0 Å². The van der Waals surface area contributed by atoms with Gasteiger partial charge in [0.25, 0.3) is 0 Å². The Balaban J connectivity index is 1.43. The van der Waals surface area contributed by atoms with Gasteiger partial charge in [-0.05, 0) is 61.9 Å². The van der Waals surface area contributed by atoms with Gasteiger partial charge in [0.15, 0.2) is 0 Å². The normalized spacial score (nSPS) is 18.6. The number of hydrogen-bond acceptors (Lipinski definition) is 4. The van der Waals surface area contributed by atoms with Crippen molar-refractivity contribution in [3.63, 3.8) is 0 Å². The fourth-order valence-corrected chi connectivity index (χ4v) is 4.61. The summed E-state index contributed by atoms with van der Waals surface area (Å²) >= 11 is 0. The lowest BCUT2D eigenvalue weighted by molar-refractivity contribution is -0.137. The van der Waals surface area contributed by atoms with Crippen LogP contribution in [0.15, 0.2) is 18.2 Å². The fraction of sp³-hybridized carbons (Fsp3) is 0.667. The van der Waals surface area contributed by atoms with E-state index in [0.717, 1.165) is 70.6 Å². The van der Waals surface area contributed by atoms with Gasteiger partial charge in [-0.25, -0.2) is 0 Å². The summed E-state index contributed by atoms with van der Waals surface area (Å²) in [7, 11) is 0. The number of carbonyl (C=O) groups excluding carboxylic acids is 1. The standard InChI is InChI=1S/C24H33F3N4O/c1-2-19-16-21(24(25,26)27)18-22(17-19)30-14-12-29(13-15-30)9-5-20-6-10-31(11-7-20)23(32)4-3-8-28/h16-18,20H,2-7,9-15H2,1H3. The third-order valence-corrected chi connectivity index (χ3v) is 6.72. The van der Waals surface area contributed by atoms with Crippen LogP contribution in [0, 0.1) is 17.2 Å². The Morgan fingerprint density at radius 1 is 1.09 bits per heavy atom. The molecule has 1 aromatic rings. The van der Waals surface area contributed by atoms with Gasteiger partial charge in [0, 0.05) is 57.8 Å². The number of carbonyl (C=O) groups is 1. The highest BCUT2D eigenvalue weighted by Gasteiger charge is 2.32. The number of amides is 1. The molecule has 0 spiro atoms. The number of piperazine rings is 1. The van der Waals surface area contributed by atoms with E-state index < -0.39 is 11.7 Å². The molecule has 3 rings (SSSR count). The summed E-state index contributed by atoms with van der Waals surface area (Å²) in [4.78, 5) is 18.4. The first-order chi connectivity index (χ1) is 15.3. The largest absolute Gasteiger partial charge is 0.416 e. The molecule has 0 bridgehead atoms. The molecular weight excluding hydrogens is 417 g/mol. The predicted octanol–water partition coefficient (Wildman–Crippen LogP) is 4.32. The number of halogens is 3. The summed E-state index contributed by atoms with van der Waals surface area (Å²) in [5.41, 5.74) is 0.825. The summed E-state index contributed by atoms with van der Waals surface area (Å²) in [5, 5.41) is 8.62. The van der Waals surface area contributed by atoms with Gasteiger partial charge < -0.3 is 9.80 Å². The molecule has 8 heteroatoms. The Morgan fingerprint density at radius 3 is 2.38 bits per heavy atom. The highest BCUT2D eigenvalue weighted by Crippen LogP contribution is 2.33. The molecule has 2 heterocycles. The molecule has 0 aliphatic carbocycles. The molecule has 2 saturated heterocycles. The summed E-state index contributed by atoms with van der Waals surface area (Å²) in [6, 6.07) is 6.44. The van der Waals surface area contributed by atoms with Crippen LogP contribution in [0.3, 0.4) is 0 Å². The van der Waals surface area contributed by atoms with Crippen LogP contribution in [0.25, 0.3) is 0 Å². The van der Waals surface area contributed by atoms with E-state index in [0.29, 0.717) is 24.4 Å². The van der Waals surface area contributed by atoms with Gasteiger partial charge in [-0.15, -0.1) is 0 Å². The molecule has 2 aliphatic rings. The highest BCUT2D eigenvalue weighted by molar-refractivity contribution is 5.76. The van der Waals surface area contributed by atoms with Crippen molar-refractivity contribution in [2.75, 3.05) is 50.7 Å². The van der Waals surface area contributed by atoms with Crippen molar-refractivity contribution in [2.45, 2.75) is 51.6 Å². The van der Waals surface area contributed by atoms with Crippen LogP contribution in [0.5, 0.6) is 0 Å². The Bertz CT molecular complexity index is 804. The van der Waals surface area contributed by atoms with Gasteiger partial charge in [-0.1, -0.05) is 6.92 Å². The molecule has 1 amide bonds. The molecular formula is C24H33F3N4O. The zero-order valence-corrected chi connectivity index (χ0v) is 18.8. The fourth-order valence-electron chi connectivity index (χ4n) is 4.61. The molecule has 0 N–H and O–H groups in total. The van der Waals surface area contributed by atoms with Crippen molar-refractivity contribution in [1.29, 1.82) is 5.26 Å². The van der Waals surface area contributed by atoms with E-state index in [2.05, 4.69) is 9.80 Å². The first-order valence-electron chi connectivity index (χ1n) is 11.6. The zero-order valence-electron chi connectivity index (χ0n) is 18.8. The lowest BCUT2D eigenvalue weighted by Gasteiger charge is -2.38. The first kappa shape index (κ1) is 24.4. The first-order valence-corrected chi connectivity index (χ1v) is 11.6. The molecule has 176 valence electrons. The number of alkyl halides is 3. The topological polar surface area (TPSA) is 50.6 Å². The average Bonchev–Trinajstić information content (AvgIpc) is 2.81. The highest BCUT2D eigenvalue weighted by atomic mass is 19.4. The maximum absolute atomic E-state index is 13.3. The van der Waals surface area contributed by atoms with Crippen molar-refractivity contribution in [2.24, 2.45) is 5.92 Å². The minimum atomic E-state index is -4.32. The van der Waals surface area contributed by atoms with E-state index in [1.165, 1.54) is 12.1 Å². The van der Waals surface area contributed by atoms with Gasteiger partial charge in [-0.2, -0.15) is 18.4 Å². The average molecular weight is 451 g/mol.